The minimum absolute atomic E-state index is 0.0207. The molecule has 1 N–H and O–H groups in total. The van der Waals surface area contributed by atoms with Crippen LogP contribution in [0.1, 0.15) is 17.2 Å². The number of hydrogen-bond donors (Lipinski definition) is 1. The highest BCUT2D eigenvalue weighted by Crippen LogP contribution is 2.36. The molecule has 106 valence electrons. The molecule has 0 bridgehead atoms. The zero-order chi connectivity index (χ0) is 14.6. The van der Waals surface area contributed by atoms with Gasteiger partial charge in [0.05, 0.1) is 17.1 Å². The number of ether oxygens (including phenoxy) is 1. The fraction of sp³-hybridized carbons (Fsp3) is 0.188. The van der Waals surface area contributed by atoms with E-state index in [2.05, 4.69) is 4.98 Å². The van der Waals surface area contributed by atoms with E-state index in [0.29, 0.717) is 22.5 Å². The van der Waals surface area contributed by atoms with E-state index >= 15 is 0 Å². The summed E-state index contributed by atoms with van der Waals surface area (Å²) in [5.41, 5.74) is 3.34. The standard InChI is InChI=1S/C16H13FN2OS/c1-9-6-13-12(7-11(9)17)18-16(21)19(13)14-8-20-15-5-3-2-4-10(14)15/h2-7,14H,8H2,1H3,(H,18,21). The van der Waals surface area contributed by atoms with Crippen molar-refractivity contribution in [3.05, 3.63) is 58.1 Å². The van der Waals surface area contributed by atoms with Gasteiger partial charge in [-0.25, -0.2) is 4.39 Å². The van der Waals surface area contributed by atoms with Crippen molar-refractivity contribution in [1.29, 1.82) is 0 Å². The molecule has 1 aromatic heterocycles. The number of rotatable bonds is 1. The van der Waals surface area contributed by atoms with Crippen molar-refractivity contribution in [1.82, 2.24) is 9.55 Å². The Hall–Kier alpha value is -2.14. The number of aryl methyl sites for hydroxylation is 1. The first-order chi connectivity index (χ1) is 10.1. The molecule has 5 heteroatoms. The molecule has 1 aliphatic rings. The molecule has 0 radical (unpaired) electrons. The summed E-state index contributed by atoms with van der Waals surface area (Å²) in [4.78, 5) is 3.09. The Balaban J connectivity index is 1.98. The number of nitrogens with zero attached hydrogens (tertiary/aromatic N) is 1. The highest BCUT2D eigenvalue weighted by molar-refractivity contribution is 7.71. The quantitative estimate of drug-likeness (QED) is 0.685. The maximum Gasteiger partial charge on any atom is 0.178 e. The second kappa shape index (κ2) is 4.43. The molecule has 4 rings (SSSR count). The van der Waals surface area contributed by atoms with E-state index < -0.39 is 0 Å². The molecule has 0 fully saturated rings. The van der Waals surface area contributed by atoms with E-state index in [0.717, 1.165) is 16.8 Å². The lowest BCUT2D eigenvalue weighted by Crippen LogP contribution is -2.12. The van der Waals surface area contributed by atoms with Gasteiger partial charge in [0.25, 0.3) is 0 Å². The number of hydrogen-bond acceptors (Lipinski definition) is 2. The van der Waals surface area contributed by atoms with Crippen molar-refractivity contribution in [2.45, 2.75) is 13.0 Å². The summed E-state index contributed by atoms with van der Waals surface area (Å²) in [5, 5.41) is 0. The molecule has 1 atom stereocenters. The Morgan fingerprint density at radius 1 is 1.33 bits per heavy atom. The van der Waals surface area contributed by atoms with Crippen molar-refractivity contribution in [3.63, 3.8) is 0 Å². The van der Waals surface area contributed by atoms with Crippen molar-refractivity contribution in [2.75, 3.05) is 6.61 Å². The Morgan fingerprint density at radius 2 is 2.14 bits per heavy atom. The van der Waals surface area contributed by atoms with Gasteiger partial charge < -0.3 is 14.3 Å². The summed E-state index contributed by atoms with van der Waals surface area (Å²) in [7, 11) is 0. The molecule has 2 heterocycles. The SMILES string of the molecule is Cc1cc2c(cc1F)[nH]c(=S)n2C1COc2ccccc21. The number of aromatic amines is 1. The largest absolute Gasteiger partial charge is 0.491 e. The van der Waals surface area contributed by atoms with Gasteiger partial charge in [-0.2, -0.15) is 0 Å². The number of para-hydroxylation sites is 1. The van der Waals surface area contributed by atoms with E-state index in [1.54, 1.807) is 6.92 Å². The average Bonchev–Trinajstić information content (AvgIpc) is 3.00. The van der Waals surface area contributed by atoms with Crippen LogP contribution in [0.15, 0.2) is 36.4 Å². The maximum absolute atomic E-state index is 13.7. The van der Waals surface area contributed by atoms with Crippen LogP contribution in [0.2, 0.25) is 0 Å². The molecule has 2 aromatic carbocycles. The highest BCUT2D eigenvalue weighted by Gasteiger charge is 2.27. The molecular formula is C16H13FN2OS. The van der Waals surface area contributed by atoms with Crippen LogP contribution in [-0.2, 0) is 0 Å². The van der Waals surface area contributed by atoms with Gasteiger partial charge in [0, 0.05) is 5.56 Å². The number of imidazole rings is 1. The third kappa shape index (κ3) is 1.81. The summed E-state index contributed by atoms with van der Waals surface area (Å²) in [6.07, 6.45) is 0. The number of nitrogens with one attached hydrogen (secondary N) is 1. The lowest BCUT2D eigenvalue weighted by Gasteiger charge is -2.12. The Kier molecular flexibility index (Phi) is 2.65. The van der Waals surface area contributed by atoms with Crippen molar-refractivity contribution in [2.24, 2.45) is 0 Å². The lowest BCUT2D eigenvalue weighted by atomic mass is 10.1. The van der Waals surface area contributed by atoms with Crippen LogP contribution in [0.25, 0.3) is 11.0 Å². The molecule has 3 aromatic rings. The fourth-order valence-electron chi connectivity index (χ4n) is 2.92. The van der Waals surface area contributed by atoms with Crippen LogP contribution < -0.4 is 4.74 Å². The first kappa shape index (κ1) is 12.6. The van der Waals surface area contributed by atoms with Crippen LogP contribution in [-0.4, -0.2) is 16.2 Å². The zero-order valence-electron chi connectivity index (χ0n) is 11.4. The monoisotopic (exact) mass is 300 g/mol. The lowest BCUT2D eigenvalue weighted by molar-refractivity contribution is 0.318. The smallest absolute Gasteiger partial charge is 0.178 e. The van der Waals surface area contributed by atoms with Crippen LogP contribution in [0.5, 0.6) is 5.75 Å². The normalized spacial score (nSPS) is 17.0. The Labute approximate surface area is 126 Å². The molecule has 1 aliphatic heterocycles. The van der Waals surface area contributed by atoms with Gasteiger partial charge in [0.15, 0.2) is 4.77 Å². The first-order valence-electron chi connectivity index (χ1n) is 6.77. The fourth-order valence-corrected chi connectivity index (χ4v) is 3.25. The third-order valence-electron chi connectivity index (χ3n) is 3.98. The van der Waals surface area contributed by atoms with Crippen LogP contribution in [0.4, 0.5) is 4.39 Å². The van der Waals surface area contributed by atoms with Gasteiger partial charge in [-0.05, 0) is 42.9 Å². The van der Waals surface area contributed by atoms with E-state index in [-0.39, 0.29) is 11.9 Å². The minimum atomic E-state index is -0.228. The third-order valence-corrected chi connectivity index (χ3v) is 4.28. The number of fused-ring (bicyclic) bond motifs is 2. The van der Waals surface area contributed by atoms with E-state index in [1.807, 2.05) is 34.9 Å². The van der Waals surface area contributed by atoms with Gasteiger partial charge in [0.2, 0.25) is 0 Å². The molecular weight excluding hydrogens is 287 g/mol. The summed E-state index contributed by atoms with van der Waals surface area (Å²) in [6.45, 7) is 2.30. The van der Waals surface area contributed by atoms with Crippen molar-refractivity contribution >= 4 is 23.3 Å². The van der Waals surface area contributed by atoms with Gasteiger partial charge in [0.1, 0.15) is 18.2 Å². The van der Waals surface area contributed by atoms with E-state index in [1.165, 1.54) is 6.07 Å². The second-order valence-corrected chi connectivity index (χ2v) is 5.67. The van der Waals surface area contributed by atoms with E-state index in [4.69, 9.17) is 17.0 Å². The van der Waals surface area contributed by atoms with Gasteiger partial charge in [-0.15, -0.1) is 0 Å². The van der Waals surface area contributed by atoms with E-state index in [9.17, 15) is 4.39 Å². The molecule has 3 nitrogen and oxygen atoms in total. The first-order valence-corrected chi connectivity index (χ1v) is 7.18. The van der Waals surface area contributed by atoms with Crippen LogP contribution >= 0.6 is 12.2 Å². The number of benzene rings is 2. The molecule has 0 amide bonds. The van der Waals surface area contributed by atoms with Crippen molar-refractivity contribution in [3.8, 4) is 5.75 Å². The Morgan fingerprint density at radius 3 is 3.00 bits per heavy atom. The summed E-state index contributed by atoms with van der Waals surface area (Å²) in [5.74, 6) is 0.659. The van der Waals surface area contributed by atoms with Crippen molar-refractivity contribution < 1.29 is 9.13 Å². The summed E-state index contributed by atoms with van der Waals surface area (Å²) >= 11 is 5.43. The average molecular weight is 300 g/mol. The molecule has 1 unspecified atom stereocenters. The minimum Gasteiger partial charge on any atom is -0.491 e. The maximum atomic E-state index is 13.7. The second-order valence-electron chi connectivity index (χ2n) is 5.28. The van der Waals surface area contributed by atoms with Crippen LogP contribution in [0.3, 0.4) is 0 Å². The Bertz CT molecular complexity index is 912. The highest BCUT2D eigenvalue weighted by atomic mass is 32.1. The summed E-state index contributed by atoms with van der Waals surface area (Å²) in [6, 6.07) is 11.3. The van der Waals surface area contributed by atoms with Gasteiger partial charge in [-0.1, -0.05) is 18.2 Å². The predicted molar refractivity (Wildman–Crippen MR) is 81.9 cm³/mol. The molecule has 0 aliphatic carbocycles. The molecule has 0 saturated carbocycles. The summed E-state index contributed by atoms with van der Waals surface area (Å²) < 4.78 is 22.1. The topological polar surface area (TPSA) is 29.9 Å². The molecule has 21 heavy (non-hydrogen) atoms. The number of aromatic nitrogens is 2. The number of halogens is 1. The molecule has 0 saturated heterocycles. The zero-order valence-corrected chi connectivity index (χ0v) is 12.2. The molecule has 0 spiro atoms. The number of H-pyrrole nitrogens is 1. The van der Waals surface area contributed by atoms with Crippen LogP contribution in [0, 0.1) is 17.5 Å². The van der Waals surface area contributed by atoms with Gasteiger partial charge >= 0.3 is 0 Å². The van der Waals surface area contributed by atoms with Gasteiger partial charge in [-0.3, -0.25) is 0 Å². The predicted octanol–water partition coefficient (Wildman–Crippen LogP) is 4.13.